The lowest BCUT2D eigenvalue weighted by atomic mass is 9.96. The number of amides is 2. The molecular formula is C18H26N6O2. The van der Waals surface area contributed by atoms with Gasteiger partial charge in [-0.3, -0.25) is 9.59 Å². The smallest absolute Gasteiger partial charge is 0.225 e. The Morgan fingerprint density at radius 3 is 2.65 bits per heavy atom. The van der Waals surface area contributed by atoms with Crippen LogP contribution in [0.25, 0.3) is 11.2 Å². The Balaban J connectivity index is 1.78. The third kappa shape index (κ3) is 3.68. The van der Waals surface area contributed by atoms with Crippen LogP contribution in [0.3, 0.4) is 0 Å². The summed E-state index contributed by atoms with van der Waals surface area (Å²) in [7, 11) is 0. The highest BCUT2D eigenvalue weighted by Crippen LogP contribution is 2.30. The fourth-order valence-electron chi connectivity index (χ4n) is 3.17. The Morgan fingerprint density at radius 1 is 1.27 bits per heavy atom. The molecule has 1 N–H and O–H groups in total. The number of likely N-dealkylation sites (tertiary alicyclic amines) is 1. The summed E-state index contributed by atoms with van der Waals surface area (Å²) in [6, 6.07) is 0. The number of nitrogens with one attached hydrogen (secondary N) is 1. The number of hydrogen-bond acceptors (Lipinski definition) is 5. The monoisotopic (exact) mass is 358 g/mol. The largest absolute Gasteiger partial charge is 0.354 e. The molecule has 1 aliphatic rings. The van der Waals surface area contributed by atoms with E-state index in [0.29, 0.717) is 25.3 Å². The van der Waals surface area contributed by atoms with Crippen molar-refractivity contribution in [2.75, 3.05) is 19.6 Å². The van der Waals surface area contributed by atoms with Crippen LogP contribution in [0.4, 0.5) is 0 Å². The minimum Gasteiger partial charge on any atom is -0.354 e. The highest BCUT2D eigenvalue weighted by atomic mass is 16.2. The second-order valence-electron chi connectivity index (χ2n) is 7.79. The zero-order valence-corrected chi connectivity index (χ0v) is 15.8. The van der Waals surface area contributed by atoms with Crippen LogP contribution >= 0.6 is 0 Å². The number of carbonyl (C=O) groups excluding carboxylic acids is 2. The SMILES string of the molecule is CC(=O)N1CC[C@H](c2nn(CCNC(=O)C(C)(C)C)c3nccnc23)C1. The molecular weight excluding hydrogens is 332 g/mol. The van der Waals surface area contributed by atoms with E-state index < -0.39 is 5.41 Å². The topological polar surface area (TPSA) is 93.0 Å². The van der Waals surface area contributed by atoms with E-state index in [4.69, 9.17) is 5.10 Å². The molecule has 1 saturated heterocycles. The third-order valence-electron chi connectivity index (χ3n) is 4.71. The Hall–Kier alpha value is -2.51. The van der Waals surface area contributed by atoms with Gasteiger partial charge in [0, 0.05) is 50.3 Å². The summed E-state index contributed by atoms with van der Waals surface area (Å²) in [5, 5.41) is 7.66. The van der Waals surface area contributed by atoms with Crippen LogP contribution in [0, 0.1) is 5.41 Å². The van der Waals surface area contributed by atoms with Gasteiger partial charge in [-0.25, -0.2) is 14.6 Å². The molecule has 26 heavy (non-hydrogen) atoms. The molecule has 0 bridgehead atoms. The van der Waals surface area contributed by atoms with Crippen molar-refractivity contribution in [1.29, 1.82) is 0 Å². The van der Waals surface area contributed by atoms with E-state index in [-0.39, 0.29) is 17.7 Å². The standard InChI is InChI=1S/C18H26N6O2/c1-12(25)23-9-5-13(11-23)14-15-16(20-7-6-19-15)24(22-14)10-8-21-17(26)18(2,3)4/h6-7,13H,5,8-11H2,1-4H3,(H,21,26)/t13-/m0/s1. The molecule has 0 radical (unpaired) electrons. The van der Waals surface area contributed by atoms with Gasteiger partial charge in [-0.15, -0.1) is 0 Å². The quantitative estimate of drug-likeness (QED) is 0.890. The van der Waals surface area contributed by atoms with Crippen molar-refractivity contribution in [1.82, 2.24) is 30.0 Å². The summed E-state index contributed by atoms with van der Waals surface area (Å²) >= 11 is 0. The van der Waals surface area contributed by atoms with Gasteiger partial charge in [-0.1, -0.05) is 20.8 Å². The molecule has 8 heteroatoms. The fourth-order valence-corrected chi connectivity index (χ4v) is 3.17. The van der Waals surface area contributed by atoms with Crippen molar-refractivity contribution in [3.63, 3.8) is 0 Å². The van der Waals surface area contributed by atoms with Crippen LogP contribution < -0.4 is 5.32 Å². The first-order chi connectivity index (χ1) is 12.3. The maximum absolute atomic E-state index is 12.0. The van der Waals surface area contributed by atoms with Gasteiger partial charge in [0.1, 0.15) is 5.52 Å². The number of hydrogen-bond donors (Lipinski definition) is 1. The van der Waals surface area contributed by atoms with Gasteiger partial charge in [-0.05, 0) is 6.42 Å². The van der Waals surface area contributed by atoms with Crippen molar-refractivity contribution >= 4 is 23.0 Å². The van der Waals surface area contributed by atoms with Crippen molar-refractivity contribution in [2.24, 2.45) is 5.41 Å². The lowest BCUT2D eigenvalue weighted by Crippen LogP contribution is -2.36. The first-order valence-corrected chi connectivity index (χ1v) is 8.98. The average Bonchev–Trinajstić information content (AvgIpc) is 3.19. The predicted octanol–water partition coefficient (Wildman–Crippen LogP) is 1.32. The van der Waals surface area contributed by atoms with Crippen LogP contribution in [0.5, 0.6) is 0 Å². The maximum atomic E-state index is 12.0. The summed E-state index contributed by atoms with van der Waals surface area (Å²) in [6.07, 6.45) is 4.19. The summed E-state index contributed by atoms with van der Waals surface area (Å²) in [5.74, 6) is 0.267. The Bertz CT molecular complexity index is 823. The molecule has 0 saturated carbocycles. The summed E-state index contributed by atoms with van der Waals surface area (Å²) in [5.41, 5.74) is 1.97. The number of fused-ring (bicyclic) bond motifs is 1. The lowest BCUT2D eigenvalue weighted by Gasteiger charge is -2.17. The van der Waals surface area contributed by atoms with Crippen molar-refractivity contribution in [3.8, 4) is 0 Å². The third-order valence-corrected chi connectivity index (χ3v) is 4.71. The molecule has 0 aromatic carbocycles. The lowest BCUT2D eigenvalue weighted by molar-refractivity contribution is -0.128. The van der Waals surface area contributed by atoms with Gasteiger partial charge in [0.2, 0.25) is 11.8 Å². The maximum Gasteiger partial charge on any atom is 0.225 e. The molecule has 0 spiro atoms. The van der Waals surface area contributed by atoms with Crippen molar-refractivity contribution in [3.05, 3.63) is 18.1 Å². The first-order valence-electron chi connectivity index (χ1n) is 8.98. The van der Waals surface area contributed by atoms with Crippen LogP contribution in [0.15, 0.2) is 12.4 Å². The second kappa shape index (κ2) is 7.01. The van der Waals surface area contributed by atoms with E-state index >= 15 is 0 Å². The first kappa shape index (κ1) is 18.3. The van der Waals surface area contributed by atoms with Crippen LogP contribution in [0.1, 0.15) is 45.7 Å². The van der Waals surface area contributed by atoms with E-state index in [9.17, 15) is 9.59 Å². The number of rotatable bonds is 4. The fraction of sp³-hybridized carbons (Fsp3) is 0.611. The molecule has 1 atom stereocenters. The van der Waals surface area contributed by atoms with E-state index in [1.54, 1.807) is 24.0 Å². The summed E-state index contributed by atoms with van der Waals surface area (Å²) < 4.78 is 1.80. The molecule has 0 unspecified atom stereocenters. The average molecular weight is 358 g/mol. The van der Waals surface area contributed by atoms with E-state index in [0.717, 1.165) is 24.2 Å². The Kier molecular flexibility index (Phi) is 4.93. The van der Waals surface area contributed by atoms with E-state index in [2.05, 4.69) is 15.3 Å². The highest BCUT2D eigenvalue weighted by Gasteiger charge is 2.30. The van der Waals surface area contributed by atoms with Gasteiger partial charge in [-0.2, -0.15) is 5.10 Å². The van der Waals surface area contributed by atoms with Crippen LogP contribution in [0.2, 0.25) is 0 Å². The highest BCUT2D eigenvalue weighted by molar-refractivity contribution is 5.81. The van der Waals surface area contributed by atoms with Gasteiger partial charge < -0.3 is 10.2 Å². The molecule has 2 aromatic heterocycles. The summed E-state index contributed by atoms with van der Waals surface area (Å²) in [4.78, 5) is 34.4. The molecule has 1 aliphatic heterocycles. The minimum absolute atomic E-state index is 0.00756. The predicted molar refractivity (Wildman–Crippen MR) is 97.4 cm³/mol. The molecule has 140 valence electrons. The molecule has 1 fully saturated rings. The number of carbonyl (C=O) groups is 2. The van der Waals surface area contributed by atoms with Gasteiger partial charge in [0.15, 0.2) is 5.65 Å². The number of aromatic nitrogens is 4. The van der Waals surface area contributed by atoms with Gasteiger partial charge in [0.25, 0.3) is 0 Å². The van der Waals surface area contributed by atoms with Crippen LogP contribution in [-0.2, 0) is 16.1 Å². The normalized spacial score (nSPS) is 17.7. The second-order valence-corrected chi connectivity index (χ2v) is 7.79. The Labute approximate surface area is 153 Å². The molecule has 8 nitrogen and oxygen atoms in total. The zero-order chi connectivity index (χ0) is 18.9. The molecule has 2 amide bonds. The van der Waals surface area contributed by atoms with Crippen LogP contribution in [-0.4, -0.2) is 56.1 Å². The zero-order valence-electron chi connectivity index (χ0n) is 15.8. The van der Waals surface area contributed by atoms with Crippen molar-refractivity contribution < 1.29 is 9.59 Å². The van der Waals surface area contributed by atoms with Crippen molar-refractivity contribution in [2.45, 2.75) is 46.6 Å². The molecule has 3 rings (SSSR count). The van der Waals surface area contributed by atoms with Gasteiger partial charge in [0.05, 0.1) is 12.2 Å². The van der Waals surface area contributed by atoms with E-state index in [1.807, 2.05) is 25.7 Å². The molecule has 0 aliphatic carbocycles. The van der Waals surface area contributed by atoms with Gasteiger partial charge >= 0.3 is 0 Å². The molecule has 3 heterocycles. The minimum atomic E-state index is -0.419. The van der Waals surface area contributed by atoms with E-state index in [1.165, 1.54) is 0 Å². The molecule has 2 aromatic rings. The summed E-state index contributed by atoms with van der Waals surface area (Å²) in [6.45, 7) is 9.67. The number of nitrogens with zero attached hydrogens (tertiary/aromatic N) is 5. The Morgan fingerprint density at radius 2 is 2.00 bits per heavy atom.